The minimum atomic E-state index is -4.57. The van der Waals surface area contributed by atoms with Crippen LogP contribution in [-0.2, 0) is 4.74 Å². The Morgan fingerprint density at radius 1 is 1.24 bits per heavy atom. The lowest BCUT2D eigenvalue weighted by Crippen LogP contribution is -2.20. The fourth-order valence-electron chi connectivity index (χ4n) is 1.37. The van der Waals surface area contributed by atoms with E-state index in [1.54, 1.807) is 0 Å². The Morgan fingerprint density at radius 3 is 2.47 bits per heavy atom. The molecule has 1 rings (SSSR count). The molecule has 0 saturated heterocycles. The third-order valence-electron chi connectivity index (χ3n) is 2.07. The second-order valence-electron chi connectivity index (χ2n) is 3.63. The number of benzene rings is 1. The van der Waals surface area contributed by atoms with Gasteiger partial charge in [0.1, 0.15) is 0 Å². The molecular weight excluding hydrogens is 233 g/mol. The van der Waals surface area contributed by atoms with E-state index in [1.165, 1.54) is 0 Å². The predicted octanol–water partition coefficient (Wildman–Crippen LogP) is 2.70. The van der Waals surface area contributed by atoms with Crippen LogP contribution in [0.5, 0.6) is 0 Å². The van der Waals surface area contributed by atoms with E-state index in [9.17, 15) is 13.2 Å². The van der Waals surface area contributed by atoms with E-state index >= 15 is 0 Å². The van der Waals surface area contributed by atoms with Crippen LogP contribution in [0.15, 0.2) is 24.3 Å². The lowest BCUT2D eigenvalue weighted by atomic mass is 10.2. The Balaban J connectivity index is 2.47. The molecule has 0 aliphatic heterocycles. The number of nitrogens with one attached hydrogen (secondary N) is 1. The summed E-state index contributed by atoms with van der Waals surface area (Å²) in [6, 6.07) is 7.38. The molecule has 0 radical (unpaired) electrons. The molecule has 1 aromatic rings. The van der Waals surface area contributed by atoms with Crippen molar-refractivity contribution in [3.63, 3.8) is 0 Å². The van der Waals surface area contributed by atoms with Crippen molar-refractivity contribution in [2.45, 2.75) is 6.36 Å². The number of para-hydroxylation sites is 2. The minimum absolute atomic E-state index is 0.102. The Hall–Kier alpha value is -1.43. The van der Waals surface area contributed by atoms with Gasteiger partial charge >= 0.3 is 6.36 Å². The summed E-state index contributed by atoms with van der Waals surface area (Å²) in [4.78, 5) is 1.88. The van der Waals surface area contributed by atoms with Crippen LogP contribution in [-0.4, -0.2) is 33.6 Å². The molecule has 0 fully saturated rings. The monoisotopic (exact) mass is 248 g/mol. The first-order valence-electron chi connectivity index (χ1n) is 5.11. The molecule has 1 aromatic carbocycles. The van der Waals surface area contributed by atoms with Gasteiger partial charge in [0, 0.05) is 20.6 Å². The summed E-state index contributed by atoms with van der Waals surface area (Å²) in [5, 5.41) is 2.90. The Labute approximate surface area is 98.2 Å². The maximum absolute atomic E-state index is 11.7. The summed E-state index contributed by atoms with van der Waals surface area (Å²) < 4.78 is 38.9. The molecular formula is C11H15F3N2O. The zero-order chi connectivity index (χ0) is 12.9. The molecule has 96 valence electrons. The summed E-state index contributed by atoms with van der Waals surface area (Å²) in [6.45, 7) is -0.310. The molecule has 0 aliphatic carbocycles. The first-order valence-corrected chi connectivity index (χ1v) is 5.11. The quantitative estimate of drug-likeness (QED) is 0.811. The van der Waals surface area contributed by atoms with Crippen LogP contribution in [0.25, 0.3) is 0 Å². The molecule has 0 aromatic heterocycles. The largest absolute Gasteiger partial charge is 0.522 e. The average Bonchev–Trinajstić information content (AvgIpc) is 2.23. The maximum Gasteiger partial charge on any atom is 0.522 e. The standard InChI is InChI=1S/C11H15F3N2O/c1-16(2)10-6-4-3-5-9(10)15-7-8-17-11(12,13)14/h3-6,15H,7-8H2,1-2H3. The molecule has 17 heavy (non-hydrogen) atoms. The number of hydrogen-bond acceptors (Lipinski definition) is 3. The van der Waals surface area contributed by atoms with E-state index in [0.717, 1.165) is 11.4 Å². The summed E-state index contributed by atoms with van der Waals surface area (Å²) in [6.07, 6.45) is -4.57. The highest BCUT2D eigenvalue weighted by molar-refractivity contribution is 5.69. The molecule has 6 heteroatoms. The van der Waals surface area contributed by atoms with Gasteiger partial charge in [-0.25, -0.2) is 0 Å². The average molecular weight is 248 g/mol. The number of alkyl halides is 3. The van der Waals surface area contributed by atoms with Gasteiger partial charge in [0.15, 0.2) is 0 Å². The van der Waals surface area contributed by atoms with Gasteiger partial charge in [0.05, 0.1) is 18.0 Å². The van der Waals surface area contributed by atoms with Crippen molar-refractivity contribution in [3.05, 3.63) is 24.3 Å². The smallest absolute Gasteiger partial charge is 0.381 e. The van der Waals surface area contributed by atoms with Gasteiger partial charge in [0.2, 0.25) is 0 Å². The first-order chi connectivity index (χ1) is 7.90. The Bertz CT molecular complexity index is 353. The molecule has 0 aliphatic rings. The number of nitrogens with zero attached hydrogens (tertiary/aromatic N) is 1. The van der Waals surface area contributed by atoms with Gasteiger partial charge in [-0.2, -0.15) is 0 Å². The highest BCUT2D eigenvalue weighted by Crippen LogP contribution is 2.23. The lowest BCUT2D eigenvalue weighted by molar-refractivity contribution is -0.322. The number of rotatable bonds is 5. The fourth-order valence-corrected chi connectivity index (χ4v) is 1.37. The number of ether oxygens (including phenoxy) is 1. The van der Waals surface area contributed by atoms with Crippen molar-refractivity contribution >= 4 is 11.4 Å². The molecule has 0 unspecified atom stereocenters. The fraction of sp³-hybridized carbons (Fsp3) is 0.455. The number of hydrogen-bond donors (Lipinski definition) is 1. The van der Waals surface area contributed by atoms with Crippen LogP contribution in [0.3, 0.4) is 0 Å². The molecule has 0 heterocycles. The SMILES string of the molecule is CN(C)c1ccccc1NCCOC(F)(F)F. The third-order valence-corrected chi connectivity index (χ3v) is 2.07. The highest BCUT2D eigenvalue weighted by Gasteiger charge is 2.28. The summed E-state index contributed by atoms with van der Waals surface area (Å²) >= 11 is 0. The van der Waals surface area contributed by atoms with Crippen molar-refractivity contribution < 1.29 is 17.9 Å². The molecule has 3 nitrogen and oxygen atoms in total. The predicted molar refractivity (Wildman–Crippen MR) is 61.3 cm³/mol. The summed E-state index contributed by atoms with van der Waals surface area (Å²) in [7, 11) is 3.74. The van der Waals surface area contributed by atoms with Crippen LogP contribution in [0.2, 0.25) is 0 Å². The molecule has 0 amide bonds. The topological polar surface area (TPSA) is 24.5 Å². The van der Waals surface area contributed by atoms with Gasteiger partial charge < -0.3 is 10.2 Å². The molecule has 0 bridgehead atoms. The van der Waals surface area contributed by atoms with Gasteiger partial charge in [-0.15, -0.1) is 13.2 Å². The van der Waals surface area contributed by atoms with Crippen molar-refractivity contribution in [1.82, 2.24) is 0 Å². The third kappa shape index (κ3) is 4.95. The first kappa shape index (κ1) is 13.6. The maximum atomic E-state index is 11.7. The Kier molecular flexibility index (Phi) is 4.62. The van der Waals surface area contributed by atoms with Gasteiger partial charge in [-0.1, -0.05) is 12.1 Å². The molecule has 0 spiro atoms. The van der Waals surface area contributed by atoms with Crippen LogP contribution in [0.1, 0.15) is 0 Å². The van der Waals surface area contributed by atoms with Crippen molar-refractivity contribution in [1.29, 1.82) is 0 Å². The van der Waals surface area contributed by atoms with Gasteiger partial charge in [-0.05, 0) is 12.1 Å². The van der Waals surface area contributed by atoms with Crippen molar-refractivity contribution in [2.24, 2.45) is 0 Å². The van der Waals surface area contributed by atoms with E-state index in [0.29, 0.717) is 0 Å². The van der Waals surface area contributed by atoms with Crippen molar-refractivity contribution in [3.8, 4) is 0 Å². The molecule has 1 N–H and O–H groups in total. The van der Waals surface area contributed by atoms with Crippen LogP contribution < -0.4 is 10.2 Å². The van der Waals surface area contributed by atoms with Crippen molar-refractivity contribution in [2.75, 3.05) is 37.5 Å². The highest BCUT2D eigenvalue weighted by atomic mass is 19.4. The second kappa shape index (κ2) is 5.77. The lowest BCUT2D eigenvalue weighted by Gasteiger charge is -2.18. The van der Waals surface area contributed by atoms with Gasteiger partial charge in [0.25, 0.3) is 0 Å². The number of halogens is 3. The molecule has 0 saturated carbocycles. The van der Waals surface area contributed by atoms with Gasteiger partial charge in [-0.3, -0.25) is 4.74 Å². The van der Waals surface area contributed by atoms with E-state index in [-0.39, 0.29) is 6.54 Å². The van der Waals surface area contributed by atoms with E-state index in [4.69, 9.17) is 0 Å². The van der Waals surface area contributed by atoms with Crippen LogP contribution in [0.4, 0.5) is 24.5 Å². The zero-order valence-corrected chi connectivity index (χ0v) is 9.71. The number of anilines is 2. The van der Waals surface area contributed by atoms with Crippen LogP contribution >= 0.6 is 0 Å². The summed E-state index contributed by atoms with van der Waals surface area (Å²) in [5.74, 6) is 0. The second-order valence-corrected chi connectivity index (χ2v) is 3.63. The van der Waals surface area contributed by atoms with E-state index < -0.39 is 13.0 Å². The minimum Gasteiger partial charge on any atom is -0.381 e. The zero-order valence-electron chi connectivity index (χ0n) is 9.71. The normalized spacial score (nSPS) is 11.4. The van der Waals surface area contributed by atoms with E-state index in [2.05, 4.69) is 10.1 Å². The van der Waals surface area contributed by atoms with Crippen LogP contribution in [0, 0.1) is 0 Å². The molecule has 0 atom stereocenters. The Morgan fingerprint density at radius 2 is 1.88 bits per heavy atom. The van der Waals surface area contributed by atoms with E-state index in [1.807, 2.05) is 43.3 Å². The summed E-state index contributed by atoms with van der Waals surface area (Å²) in [5.41, 5.74) is 1.70.